The first-order chi connectivity index (χ1) is 7.61. The maximum absolute atomic E-state index is 13.8. The van der Waals surface area contributed by atoms with E-state index in [0.29, 0.717) is 24.6 Å². The Morgan fingerprint density at radius 1 is 1.69 bits per heavy atom. The Morgan fingerprint density at radius 2 is 2.44 bits per heavy atom. The maximum atomic E-state index is 13.8. The van der Waals surface area contributed by atoms with Crippen molar-refractivity contribution >= 4 is 17.2 Å². The third-order valence-electron chi connectivity index (χ3n) is 3.39. The number of hydrogen-bond donors (Lipinski definition) is 0. The van der Waals surface area contributed by atoms with Gasteiger partial charge in [-0.1, -0.05) is 25.1 Å². The van der Waals surface area contributed by atoms with E-state index >= 15 is 0 Å². The second-order valence-electron chi connectivity index (χ2n) is 4.24. The monoisotopic (exact) mass is 244 g/mol. The van der Waals surface area contributed by atoms with Gasteiger partial charge in [0.15, 0.2) is 5.82 Å². The van der Waals surface area contributed by atoms with Gasteiger partial charge in [-0.2, -0.15) is 4.98 Å². The number of nitrogens with zero attached hydrogens (tertiary/aromatic N) is 2. The zero-order chi connectivity index (χ0) is 11.8. The molecule has 2 rings (SSSR count). The molecule has 0 aliphatic heterocycles. The highest BCUT2D eigenvalue weighted by Crippen LogP contribution is 2.47. The predicted molar refractivity (Wildman–Crippen MR) is 59.7 cm³/mol. The molecule has 1 aliphatic rings. The highest BCUT2D eigenvalue weighted by atomic mass is 35.5. The third-order valence-corrected chi connectivity index (χ3v) is 3.62. The third kappa shape index (κ3) is 1.65. The summed E-state index contributed by atoms with van der Waals surface area (Å²) in [5.41, 5.74) is 0.329. The van der Waals surface area contributed by atoms with Gasteiger partial charge in [0, 0.05) is 11.0 Å². The summed E-state index contributed by atoms with van der Waals surface area (Å²) < 4.78 is 18.8. The van der Waals surface area contributed by atoms with Crippen LogP contribution in [0.4, 0.5) is 4.39 Å². The molecule has 0 N–H and O–H groups in total. The Labute approximate surface area is 98.7 Å². The Balaban J connectivity index is 2.34. The number of allylic oxidation sites excluding steroid dienone is 2. The minimum Gasteiger partial charge on any atom is -0.338 e. The first-order valence-corrected chi connectivity index (χ1v) is 5.89. The minimum atomic E-state index is -0.870. The van der Waals surface area contributed by atoms with Gasteiger partial charge in [0.2, 0.25) is 5.89 Å². The molecule has 0 saturated carbocycles. The molecular formula is C11H14ClFN2O. The van der Waals surface area contributed by atoms with Crippen LogP contribution in [0.5, 0.6) is 0 Å². The molecule has 0 amide bonds. The topological polar surface area (TPSA) is 38.9 Å². The van der Waals surface area contributed by atoms with Gasteiger partial charge in [-0.25, -0.2) is 4.39 Å². The number of rotatable bonds is 3. The fourth-order valence-electron chi connectivity index (χ4n) is 2.06. The summed E-state index contributed by atoms with van der Waals surface area (Å²) in [7, 11) is 0. The summed E-state index contributed by atoms with van der Waals surface area (Å²) in [6.45, 7) is 3.86. The Morgan fingerprint density at radius 3 is 3.00 bits per heavy atom. The van der Waals surface area contributed by atoms with Gasteiger partial charge < -0.3 is 4.52 Å². The van der Waals surface area contributed by atoms with Crippen LogP contribution in [-0.2, 0) is 5.88 Å². The van der Waals surface area contributed by atoms with Gasteiger partial charge in [-0.15, -0.1) is 11.6 Å². The van der Waals surface area contributed by atoms with Crippen LogP contribution in [0.2, 0.25) is 0 Å². The van der Waals surface area contributed by atoms with Crippen molar-refractivity contribution in [1.82, 2.24) is 10.1 Å². The first kappa shape index (κ1) is 11.6. The molecule has 0 radical (unpaired) electrons. The van der Waals surface area contributed by atoms with Gasteiger partial charge >= 0.3 is 0 Å². The van der Waals surface area contributed by atoms with Crippen molar-refractivity contribution in [3.05, 3.63) is 17.8 Å². The molecule has 16 heavy (non-hydrogen) atoms. The average molecular weight is 245 g/mol. The normalized spacial score (nSPS) is 29.5. The van der Waals surface area contributed by atoms with Crippen molar-refractivity contribution in [1.29, 1.82) is 0 Å². The van der Waals surface area contributed by atoms with E-state index in [1.54, 1.807) is 0 Å². The number of hydrogen-bond acceptors (Lipinski definition) is 3. The molecular weight excluding hydrogens is 231 g/mol. The van der Waals surface area contributed by atoms with Gasteiger partial charge in [-0.3, -0.25) is 0 Å². The molecule has 2 atom stereocenters. The molecule has 0 saturated heterocycles. The van der Waals surface area contributed by atoms with E-state index < -0.39 is 11.6 Å². The lowest BCUT2D eigenvalue weighted by molar-refractivity contribution is 0.193. The van der Waals surface area contributed by atoms with Crippen LogP contribution in [0.15, 0.2) is 10.6 Å². The SMILES string of the molecule is CC[C@@]1(C)C(c2noc(CCl)n2)=CC[C@H]1F. The maximum Gasteiger partial charge on any atom is 0.241 e. The smallest absolute Gasteiger partial charge is 0.241 e. The lowest BCUT2D eigenvalue weighted by atomic mass is 9.79. The Hall–Kier alpha value is -0.900. The molecule has 0 spiro atoms. The summed E-state index contributed by atoms with van der Waals surface area (Å²) in [6, 6.07) is 0. The summed E-state index contributed by atoms with van der Waals surface area (Å²) in [5.74, 6) is 1.03. The van der Waals surface area contributed by atoms with Crippen LogP contribution < -0.4 is 0 Å². The number of alkyl halides is 2. The second-order valence-corrected chi connectivity index (χ2v) is 4.50. The predicted octanol–water partition coefficient (Wildman–Crippen LogP) is 3.35. The van der Waals surface area contributed by atoms with Gasteiger partial charge in [0.05, 0.1) is 0 Å². The zero-order valence-electron chi connectivity index (χ0n) is 9.33. The highest BCUT2D eigenvalue weighted by Gasteiger charge is 2.42. The standard InChI is InChI=1S/C11H14ClFN2O/c1-3-11(2)7(4-5-8(11)13)10-14-9(6-12)16-15-10/h4,8H,3,5-6H2,1-2H3/t8-,11+/m1/s1. The first-order valence-electron chi connectivity index (χ1n) is 5.35. The zero-order valence-corrected chi connectivity index (χ0v) is 10.1. The molecule has 5 heteroatoms. The lowest BCUT2D eigenvalue weighted by Crippen LogP contribution is -2.25. The van der Waals surface area contributed by atoms with E-state index in [4.69, 9.17) is 16.1 Å². The molecule has 1 aromatic rings. The van der Waals surface area contributed by atoms with Crippen LogP contribution in [-0.4, -0.2) is 16.3 Å². The molecule has 1 heterocycles. The van der Waals surface area contributed by atoms with Gasteiger partial charge in [0.25, 0.3) is 0 Å². The molecule has 3 nitrogen and oxygen atoms in total. The fourth-order valence-corrected chi connectivity index (χ4v) is 2.17. The van der Waals surface area contributed by atoms with Crippen molar-refractivity contribution in [3.8, 4) is 0 Å². The van der Waals surface area contributed by atoms with Crippen molar-refractivity contribution in [2.45, 2.75) is 38.7 Å². The minimum absolute atomic E-state index is 0.183. The fraction of sp³-hybridized carbons (Fsp3) is 0.636. The summed E-state index contributed by atoms with van der Waals surface area (Å²) in [4.78, 5) is 4.14. The summed E-state index contributed by atoms with van der Waals surface area (Å²) >= 11 is 5.59. The van der Waals surface area contributed by atoms with E-state index in [1.807, 2.05) is 19.9 Å². The van der Waals surface area contributed by atoms with Crippen molar-refractivity contribution in [2.24, 2.45) is 5.41 Å². The largest absolute Gasteiger partial charge is 0.338 e. The van der Waals surface area contributed by atoms with Crippen molar-refractivity contribution < 1.29 is 8.91 Å². The molecule has 1 aliphatic carbocycles. The van der Waals surface area contributed by atoms with Gasteiger partial charge in [0.1, 0.15) is 12.1 Å². The molecule has 0 aromatic carbocycles. The summed E-state index contributed by atoms with van der Waals surface area (Å²) in [6.07, 6.45) is 2.12. The quantitative estimate of drug-likeness (QED) is 0.766. The Kier molecular flexibility index (Phi) is 3.02. The van der Waals surface area contributed by atoms with E-state index in [2.05, 4.69) is 10.1 Å². The average Bonchev–Trinajstić information content (AvgIpc) is 2.86. The van der Waals surface area contributed by atoms with Crippen LogP contribution in [0.3, 0.4) is 0 Å². The second kappa shape index (κ2) is 4.17. The Bertz CT molecular complexity index is 418. The van der Waals surface area contributed by atoms with Crippen LogP contribution >= 0.6 is 11.6 Å². The number of aromatic nitrogens is 2. The molecule has 0 unspecified atom stereocenters. The van der Waals surface area contributed by atoms with E-state index in [9.17, 15) is 4.39 Å². The molecule has 0 bridgehead atoms. The van der Waals surface area contributed by atoms with Crippen LogP contribution in [0.1, 0.15) is 38.4 Å². The van der Waals surface area contributed by atoms with Crippen molar-refractivity contribution in [3.63, 3.8) is 0 Å². The highest BCUT2D eigenvalue weighted by molar-refractivity contribution is 6.16. The van der Waals surface area contributed by atoms with E-state index in [1.165, 1.54) is 0 Å². The molecule has 1 aromatic heterocycles. The summed E-state index contributed by atoms with van der Waals surface area (Å²) in [5, 5.41) is 3.84. The van der Waals surface area contributed by atoms with E-state index in [-0.39, 0.29) is 5.88 Å². The van der Waals surface area contributed by atoms with Crippen LogP contribution in [0.25, 0.3) is 5.57 Å². The van der Waals surface area contributed by atoms with Crippen LogP contribution in [0, 0.1) is 5.41 Å². The molecule has 88 valence electrons. The lowest BCUT2D eigenvalue weighted by Gasteiger charge is -2.27. The number of halogens is 2. The van der Waals surface area contributed by atoms with Crippen molar-refractivity contribution in [2.75, 3.05) is 0 Å². The molecule has 0 fully saturated rings. The van der Waals surface area contributed by atoms with Gasteiger partial charge in [-0.05, 0) is 12.8 Å². The van der Waals surface area contributed by atoms with E-state index in [0.717, 1.165) is 5.57 Å².